The molecule has 0 unspecified atom stereocenters. The van der Waals surface area contributed by atoms with E-state index in [1.54, 1.807) is 25.3 Å². The van der Waals surface area contributed by atoms with Gasteiger partial charge in [-0.15, -0.1) is 0 Å². The Kier molecular flexibility index (Phi) is 4.13. The minimum atomic E-state index is -0.599. The van der Waals surface area contributed by atoms with Crippen LogP contribution in [0.25, 0.3) is 10.8 Å². The molecule has 4 heterocycles. The van der Waals surface area contributed by atoms with E-state index in [1.807, 2.05) is 16.9 Å². The summed E-state index contributed by atoms with van der Waals surface area (Å²) < 4.78 is 18.6. The SMILES string of the molecule is C[C@@H](C#N)c1cc2cc(Nc3cc4n(n3)Cc3nccn3CC4)ncc2c(N)c1F. The molecule has 0 amide bonds. The van der Waals surface area contributed by atoms with Crippen molar-refractivity contribution in [3.63, 3.8) is 0 Å². The number of nitrogens with two attached hydrogens (primary N) is 1. The Bertz CT molecular complexity index is 1310. The lowest BCUT2D eigenvalue weighted by molar-refractivity contribution is 0.613. The molecular formula is C21H19FN8. The van der Waals surface area contributed by atoms with Crippen molar-refractivity contribution < 1.29 is 4.39 Å². The summed E-state index contributed by atoms with van der Waals surface area (Å²) in [6.45, 7) is 3.12. The molecule has 9 heteroatoms. The van der Waals surface area contributed by atoms with Crippen LogP contribution < -0.4 is 11.1 Å². The summed E-state index contributed by atoms with van der Waals surface area (Å²) in [7, 11) is 0. The number of anilines is 3. The second-order valence-corrected chi connectivity index (χ2v) is 7.43. The number of benzene rings is 1. The zero-order valence-electron chi connectivity index (χ0n) is 16.3. The average molecular weight is 402 g/mol. The maximum absolute atomic E-state index is 14.5. The number of imidazole rings is 1. The molecule has 1 atom stereocenters. The summed E-state index contributed by atoms with van der Waals surface area (Å²) in [6, 6.07) is 7.50. The van der Waals surface area contributed by atoms with Crippen LogP contribution in [0.4, 0.5) is 21.7 Å². The third kappa shape index (κ3) is 2.93. The molecule has 5 rings (SSSR count). The first kappa shape index (κ1) is 18.1. The molecule has 0 spiro atoms. The Morgan fingerprint density at radius 2 is 2.13 bits per heavy atom. The number of pyridine rings is 1. The van der Waals surface area contributed by atoms with Crippen molar-refractivity contribution in [2.24, 2.45) is 0 Å². The van der Waals surface area contributed by atoms with Gasteiger partial charge in [0.25, 0.3) is 0 Å². The highest BCUT2D eigenvalue weighted by molar-refractivity contribution is 5.95. The van der Waals surface area contributed by atoms with E-state index in [-0.39, 0.29) is 11.3 Å². The zero-order valence-corrected chi connectivity index (χ0v) is 16.3. The van der Waals surface area contributed by atoms with Gasteiger partial charge in [-0.2, -0.15) is 10.4 Å². The summed E-state index contributed by atoms with van der Waals surface area (Å²) in [5, 5.41) is 18.3. The Morgan fingerprint density at radius 1 is 1.27 bits per heavy atom. The molecule has 150 valence electrons. The normalized spacial score (nSPS) is 13.9. The van der Waals surface area contributed by atoms with Gasteiger partial charge in [0.15, 0.2) is 11.6 Å². The summed E-state index contributed by atoms with van der Waals surface area (Å²) in [6.07, 6.45) is 6.18. The number of fused-ring (bicyclic) bond motifs is 3. The summed E-state index contributed by atoms with van der Waals surface area (Å²) in [5.74, 6) is 1.06. The molecule has 0 aliphatic carbocycles. The van der Waals surface area contributed by atoms with Gasteiger partial charge in [0.05, 0.1) is 24.2 Å². The number of nitrogens with zero attached hydrogens (tertiary/aromatic N) is 6. The van der Waals surface area contributed by atoms with Crippen molar-refractivity contribution in [2.75, 3.05) is 11.1 Å². The highest BCUT2D eigenvalue weighted by atomic mass is 19.1. The average Bonchev–Trinajstić information content (AvgIpc) is 3.31. The Morgan fingerprint density at radius 3 is 2.97 bits per heavy atom. The minimum Gasteiger partial charge on any atom is -0.396 e. The van der Waals surface area contributed by atoms with Crippen LogP contribution in [0.1, 0.15) is 29.9 Å². The largest absolute Gasteiger partial charge is 0.396 e. The first-order chi connectivity index (χ1) is 14.5. The van der Waals surface area contributed by atoms with Crippen LogP contribution in [-0.2, 0) is 19.5 Å². The van der Waals surface area contributed by atoms with Crippen LogP contribution in [0.2, 0.25) is 0 Å². The number of aryl methyl sites for hydroxylation is 2. The number of hydrogen-bond acceptors (Lipinski definition) is 6. The van der Waals surface area contributed by atoms with Crippen molar-refractivity contribution in [1.29, 1.82) is 5.26 Å². The van der Waals surface area contributed by atoms with Crippen LogP contribution in [-0.4, -0.2) is 24.3 Å². The molecule has 0 saturated carbocycles. The minimum absolute atomic E-state index is 0.00728. The van der Waals surface area contributed by atoms with Crippen molar-refractivity contribution in [3.8, 4) is 6.07 Å². The number of nitrogen functional groups attached to an aromatic ring is 1. The van der Waals surface area contributed by atoms with E-state index < -0.39 is 11.7 Å². The summed E-state index contributed by atoms with van der Waals surface area (Å²) >= 11 is 0. The van der Waals surface area contributed by atoms with Gasteiger partial charge in [-0.1, -0.05) is 0 Å². The maximum Gasteiger partial charge on any atom is 0.153 e. The lowest BCUT2D eigenvalue weighted by Gasteiger charge is -2.12. The number of aromatic nitrogens is 5. The van der Waals surface area contributed by atoms with Crippen molar-refractivity contribution in [2.45, 2.75) is 32.4 Å². The monoisotopic (exact) mass is 402 g/mol. The van der Waals surface area contributed by atoms with E-state index >= 15 is 0 Å². The standard InChI is InChI=1S/C21H19FN8/c1-12(9-23)15-6-13-7-17(26-10-16(13)21(24)20(15)22)27-18-8-14-2-4-29-5-3-25-19(29)11-30(14)28-18/h3,5-8,10,12H,2,4,11,24H2,1H3,(H,26,27,28)/t12-/m0/s1. The molecule has 0 fully saturated rings. The molecule has 1 aliphatic rings. The second kappa shape index (κ2) is 6.84. The quantitative estimate of drug-likeness (QED) is 0.509. The number of nitrogens with one attached hydrogen (secondary N) is 1. The van der Waals surface area contributed by atoms with Crippen molar-refractivity contribution in [1.82, 2.24) is 24.3 Å². The van der Waals surface area contributed by atoms with Crippen molar-refractivity contribution in [3.05, 3.63) is 59.7 Å². The Labute approximate surface area is 171 Å². The van der Waals surface area contributed by atoms with Gasteiger partial charge in [0.1, 0.15) is 11.6 Å². The molecule has 30 heavy (non-hydrogen) atoms. The number of halogens is 1. The fraction of sp³-hybridized carbons (Fsp3) is 0.238. The van der Waals surface area contributed by atoms with E-state index in [1.165, 1.54) is 6.20 Å². The summed E-state index contributed by atoms with van der Waals surface area (Å²) in [5.41, 5.74) is 7.36. The molecule has 8 nitrogen and oxygen atoms in total. The summed E-state index contributed by atoms with van der Waals surface area (Å²) in [4.78, 5) is 8.75. The lowest BCUT2D eigenvalue weighted by atomic mass is 9.97. The molecule has 0 saturated heterocycles. The molecule has 3 N–H and O–H groups in total. The lowest BCUT2D eigenvalue weighted by Crippen LogP contribution is -2.06. The number of nitriles is 1. The van der Waals surface area contributed by atoms with E-state index in [0.717, 1.165) is 24.5 Å². The number of rotatable bonds is 3. The van der Waals surface area contributed by atoms with Gasteiger partial charge < -0.3 is 15.6 Å². The predicted molar refractivity (Wildman–Crippen MR) is 111 cm³/mol. The predicted octanol–water partition coefficient (Wildman–Crippen LogP) is 3.32. The van der Waals surface area contributed by atoms with Gasteiger partial charge in [-0.3, -0.25) is 4.68 Å². The van der Waals surface area contributed by atoms with Crippen LogP contribution in [0.15, 0.2) is 36.8 Å². The molecular weight excluding hydrogens is 383 g/mol. The molecule has 0 bridgehead atoms. The molecule has 3 aromatic heterocycles. The highest BCUT2D eigenvalue weighted by Crippen LogP contribution is 2.32. The second-order valence-electron chi connectivity index (χ2n) is 7.43. The van der Waals surface area contributed by atoms with Gasteiger partial charge in [0.2, 0.25) is 0 Å². The van der Waals surface area contributed by atoms with E-state index in [9.17, 15) is 9.65 Å². The van der Waals surface area contributed by atoms with Crippen LogP contribution in [0.3, 0.4) is 0 Å². The molecule has 1 aliphatic heterocycles. The number of hydrogen-bond donors (Lipinski definition) is 2. The molecule has 0 radical (unpaired) electrons. The van der Waals surface area contributed by atoms with Crippen LogP contribution in [0.5, 0.6) is 0 Å². The maximum atomic E-state index is 14.5. The highest BCUT2D eigenvalue weighted by Gasteiger charge is 2.18. The van der Waals surface area contributed by atoms with E-state index in [0.29, 0.717) is 29.0 Å². The first-order valence-corrected chi connectivity index (χ1v) is 9.64. The van der Waals surface area contributed by atoms with Crippen LogP contribution >= 0.6 is 0 Å². The third-order valence-electron chi connectivity index (χ3n) is 5.51. The van der Waals surface area contributed by atoms with E-state index in [4.69, 9.17) is 5.73 Å². The van der Waals surface area contributed by atoms with Crippen molar-refractivity contribution >= 4 is 28.1 Å². The fourth-order valence-electron chi connectivity index (χ4n) is 3.82. The topological polar surface area (TPSA) is 110 Å². The van der Waals surface area contributed by atoms with Gasteiger partial charge in [-0.25, -0.2) is 14.4 Å². The van der Waals surface area contributed by atoms with Gasteiger partial charge in [0, 0.05) is 54.3 Å². The third-order valence-corrected chi connectivity index (χ3v) is 5.51. The smallest absolute Gasteiger partial charge is 0.153 e. The Hall–Kier alpha value is -3.93. The fourth-order valence-corrected chi connectivity index (χ4v) is 3.82. The molecule has 4 aromatic rings. The molecule has 1 aromatic carbocycles. The van der Waals surface area contributed by atoms with Crippen LogP contribution in [0, 0.1) is 17.1 Å². The van der Waals surface area contributed by atoms with E-state index in [2.05, 4.69) is 31.0 Å². The Balaban J connectivity index is 1.47. The van der Waals surface area contributed by atoms with Gasteiger partial charge in [-0.05, 0) is 24.4 Å². The first-order valence-electron chi connectivity index (χ1n) is 9.64. The van der Waals surface area contributed by atoms with Gasteiger partial charge >= 0.3 is 0 Å². The zero-order chi connectivity index (χ0) is 20.8.